The van der Waals surface area contributed by atoms with Gasteiger partial charge in [-0.15, -0.1) is 0 Å². The fourth-order valence-electron chi connectivity index (χ4n) is 1.67. The van der Waals surface area contributed by atoms with E-state index in [9.17, 15) is 15.3 Å². The van der Waals surface area contributed by atoms with Gasteiger partial charge in [-0.25, -0.2) is 0 Å². The average molecular weight is 237 g/mol. The lowest BCUT2D eigenvalue weighted by molar-refractivity contribution is -0.257. The summed E-state index contributed by atoms with van der Waals surface area (Å²) in [4.78, 5) is 9.13. The standard InChI is InChI=1S/C8H15NO7/c1-8(15-16-8)9-4-6(12)5(11)3(2-10)14-7(4)13/h3-7,9-13H,2H2,1H3/t3-,4-,5-,6-,7-/m1/s1. The number of hydrogen-bond acceptors (Lipinski definition) is 8. The van der Waals surface area contributed by atoms with Crippen molar-refractivity contribution in [3.63, 3.8) is 0 Å². The van der Waals surface area contributed by atoms with Crippen LogP contribution in [0.25, 0.3) is 0 Å². The molecule has 0 aliphatic carbocycles. The molecule has 94 valence electrons. The van der Waals surface area contributed by atoms with Gasteiger partial charge >= 0.3 is 0 Å². The highest BCUT2D eigenvalue weighted by atomic mass is 17.4. The van der Waals surface area contributed by atoms with Gasteiger partial charge in [-0.1, -0.05) is 0 Å². The first-order valence-electron chi connectivity index (χ1n) is 4.92. The number of nitrogens with one attached hydrogen (secondary N) is 1. The van der Waals surface area contributed by atoms with Crippen LogP contribution in [0.3, 0.4) is 0 Å². The Bertz CT molecular complexity index is 259. The van der Waals surface area contributed by atoms with Gasteiger partial charge in [0.25, 0.3) is 5.91 Å². The molecule has 2 aliphatic rings. The molecule has 2 heterocycles. The Morgan fingerprint density at radius 3 is 2.31 bits per heavy atom. The van der Waals surface area contributed by atoms with E-state index in [0.717, 1.165) is 0 Å². The molecule has 5 atom stereocenters. The molecular formula is C8H15NO7. The van der Waals surface area contributed by atoms with Crippen LogP contribution in [-0.4, -0.2) is 63.6 Å². The van der Waals surface area contributed by atoms with Crippen LogP contribution in [0.4, 0.5) is 0 Å². The predicted octanol–water partition coefficient (Wildman–Crippen LogP) is -2.99. The van der Waals surface area contributed by atoms with Crippen LogP contribution in [0.2, 0.25) is 0 Å². The van der Waals surface area contributed by atoms with E-state index in [4.69, 9.17) is 9.84 Å². The van der Waals surface area contributed by atoms with Crippen LogP contribution in [0.1, 0.15) is 6.92 Å². The van der Waals surface area contributed by atoms with E-state index in [1.807, 2.05) is 0 Å². The van der Waals surface area contributed by atoms with Crippen molar-refractivity contribution in [2.45, 2.75) is 43.5 Å². The molecule has 16 heavy (non-hydrogen) atoms. The molecule has 0 saturated carbocycles. The van der Waals surface area contributed by atoms with E-state index in [0.29, 0.717) is 0 Å². The number of ether oxygens (including phenoxy) is 1. The first-order valence-corrected chi connectivity index (χ1v) is 4.92. The molecule has 2 rings (SSSR count). The summed E-state index contributed by atoms with van der Waals surface area (Å²) in [7, 11) is 0. The van der Waals surface area contributed by atoms with E-state index in [2.05, 4.69) is 15.1 Å². The smallest absolute Gasteiger partial charge is 0.285 e. The molecule has 0 spiro atoms. The van der Waals surface area contributed by atoms with Gasteiger partial charge < -0.3 is 25.2 Å². The summed E-state index contributed by atoms with van der Waals surface area (Å²) in [5.41, 5.74) is 0. The molecule has 2 saturated heterocycles. The van der Waals surface area contributed by atoms with Gasteiger partial charge in [0.15, 0.2) is 6.29 Å². The van der Waals surface area contributed by atoms with E-state index in [-0.39, 0.29) is 0 Å². The third kappa shape index (κ3) is 2.19. The van der Waals surface area contributed by atoms with E-state index in [1.165, 1.54) is 6.92 Å². The average Bonchev–Trinajstić information content (AvgIpc) is 2.97. The molecule has 8 heteroatoms. The van der Waals surface area contributed by atoms with Crippen LogP contribution in [0.5, 0.6) is 0 Å². The summed E-state index contributed by atoms with van der Waals surface area (Å²) in [6.07, 6.45) is -4.99. The molecule has 0 aromatic carbocycles. The molecule has 8 nitrogen and oxygen atoms in total. The zero-order chi connectivity index (χ0) is 11.9. The highest BCUT2D eigenvalue weighted by Gasteiger charge is 2.52. The van der Waals surface area contributed by atoms with Gasteiger partial charge in [-0.2, -0.15) is 9.78 Å². The minimum absolute atomic E-state index is 0.494. The van der Waals surface area contributed by atoms with Crippen LogP contribution >= 0.6 is 0 Å². The summed E-state index contributed by atoms with van der Waals surface area (Å²) in [5, 5.41) is 40.4. The molecule has 5 N–H and O–H groups in total. The lowest BCUT2D eigenvalue weighted by Gasteiger charge is -2.40. The Hall–Kier alpha value is -0.320. The van der Waals surface area contributed by atoms with Crippen molar-refractivity contribution >= 4 is 0 Å². The van der Waals surface area contributed by atoms with Gasteiger partial charge in [-0.3, -0.25) is 5.32 Å². The van der Waals surface area contributed by atoms with Crippen molar-refractivity contribution in [2.24, 2.45) is 0 Å². The van der Waals surface area contributed by atoms with E-state index < -0.39 is 43.2 Å². The minimum atomic E-state index is -1.37. The van der Waals surface area contributed by atoms with Gasteiger partial charge in [-0.05, 0) is 0 Å². The second-order valence-electron chi connectivity index (χ2n) is 4.01. The lowest BCUT2D eigenvalue weighted by atomic mass is 9.97. The SMILES string of the molecule is CC1(N[C@@H]2[C@@H](O)[C@H](O)[C@@H](CO)O[C@H]2O)OO1. The topological polar surface area (TPSA) is 127 Å². The summed E-state index contributed by atoms with van der Waals surface area (Å²) in [5.74, 6) is -1.08. The maximum Gasteiger partial charge on any atom is 0.285 e. The minimum Gasteiger partial charge on any atom is -0.394 e. The fraction of sp³-hybridized carbons (Fsp3) is 1.00. The zero-order valence-corrected chi connectivity index (χ0v) is 8.61. The second-order valence-corrected chi connectivity index (χ2v) is 4.01. The van der Waals surface area contributed by atoms with Crippen LogP contribution in [0, 0.1) is 0 Å². The van der Waals surface area contributed by atoms with Gasteiger partial charge in [0.1, 0.15) is 18.3 Å². The summed E-state index contributed by atoms with van der Waals surface area (Å²) in [6.45, 7) is 1.04. The monoisotopic (exact) mass is 237 g/mol. The molecule has 0 unspecified atom stereocenters. The Labute approximate surface area is 91.3 Å². The summed E-state index contributed by atoms with van der Waals surface area (Å²) in [6, 6.07) is -0.967. The van der Waals surface area contributed by atoms with Crippen LogP contribution in [0.15, 0.2) is 0 Å². The maximum absolute atomic E-state index is 9.73. The zero-order valence-electron chi connectivity index (χ0n) is 8.61. The molecular weight excluding hydrogens is 222 g/mol. The Kier molecular flexibility index (Phi) is 3.16. The van der Waals surface area contributed by atoms with Gasteiger partial charge in [0, 0.05) is 6.92 Å². The molecule has 2 aliphatic heterocycles. The highest BCUT2D eigenvalue weighted by molar-refractivity contribution is 4.94. The Balaban J connectivity index is 2.02. The van der Waals surface area contributed by atoms with Crippen molar-refractivity contribution in [3.8, 4) is 0 Å². The molecule has 0 aromatic heterocycles. The third-order valence-electron chi connectivity index (χ3n) is 2.66. The number of aliphatic hydroxyl groups is 4. The van der Waals surface area contributed by atoms with Crippen molar-refractivity contribution in [1.82, 2.24) is 5.32 Å². The third-order valence-corrected chi connectivity index (χ3v) is 2.66. The van der Waals surface area contributed by atoms with E-state index >= 15 is 0 Å². The van der Waals surface area contributed by atoms with Crippen molar-refractivity contribution in [1.29, 1.82) is 0 Å². The van der Waals surface area contributed by atoms with Crippen molar-refractivity contribution in [2.75, 3.05) is 6.61 Å². The molecule has 0 bridgehead atoms. The van der Waals surface area contributed by atoms with E-state index in [1.54, 1.807) is 0 Å². The number of hydrogen-bond donors (Lipinski definition) is 5. The van der Waals surface area contributed by atoms with Gasteiger partial charge in [0.2, 0.25) is 0 Å². The normalized spacial score (nSPS) is 46.7. The highest BCUT2D eigenvalue weighted by Crippen LogP contribution is 2.29. The largest absolute Gasteiger partial charge is 0.394 e. The summed E-state index contributed by atoms with van der Waals surface area (Å²) >= 11 is 0. The Morgan fingerprint density at radius 1 is 1.19 bits per heavy atom. The Morgan fingerprint density at radius 2 is 1.81 bits per heavy atom. The molecule has 0 aromatic rings. The van der Waals surface area contributed by atoms with Crippen molar-refractivity contribution in [3.05, 3.63) is 0 Å². The predicted molar refractivity (Wildman–Crippen MR) is 47.5 cm³/mol. The van der Waals surface area contributed by atoms with Crippen molar-refractivity contribution < 1.29 is 34.9 Å². The number of rotatable bonds is 3. The van der Waals surface area contributed by atoms with Gasteiger partial charge in [0.05, 0.1) is 12.6 Å². The summed E-state index contributed by atoms with van der Waals surface area (Å²) < 4.78 is 4.93. The van der Waals surface area contributed by atoms with Crippen LogP contribution in [-0.2, 0) is 14.5 Å². The quantitative estimate of drug-likeness (QED) is 0.260. The molecule has 0 amide bonds. The second kappa shape index (κ2) is 4.17. The molecule has 0 radical (unpaired) electrons. The fourth-order valence-corrected chi connectivity index (χ4v) is 1.67. The van der Waals surface area contributed by atoms with Crippen LogP contribution < -0.4 is 5.32 Å². The molecule has 2 fully saturated rings. The maximum atomic E-state index is 9.73. The lowest BCUT2D eigenvalue weighted by Crippen LogP contribution is -2.65. The first kappa shape index (κ1) is 12.1. The first-order chi connectivity index (χ1) is 7.47. The number of aliphatic hydroxyl groups excluding tert-OH is 4.